The molecule has 18 heavy (non-hydrogen) atoms. The fraction of sp³-hybridized carbons (Fsp3) is 0.923. The fourth-order valence-corrected chi connectivity index (χ4v) is 3.39. The average molecular weight is 253 g/mol. The maximum atomic E-state index is 12.5. The number of carbonyl (C=O) groups is 1. The number of fused-ring (bicyclic) bond motifs is 1. The molecule has 0 aromatic carbocycles. The molecule has 0 N–H and O–H groups in total. The first kappa shape index (κ1) is 12.2. The predicted octanol–water partition coefficient (Wildman–Crippen LogP) is 0.607. The molecule has 0 aromatic heterocycles. The molecule has 3 aliphatic heterocycles. The van der Waals surface area contributed by atoms with Gasteiger partial charge in [-0.15, -0.1) is 0 Å². The van der Waals surface area contributed by atoms with Gasteiger partial charge >= 0.3 is 6.03 Å². The Morgan fingerprint density at radius 2 is 1.94 bits per heavy atom. The van der Waals surface area contributed by atoms with Gasteiger partial charge in [0, 0.05) is 38.3 Å². The van der Waals surface area contributed by atoms with Crippen molar-refractivity contribution >= 4 is 6.03 Å². The molecular formula is C13H23N3O2. The SMILES string of the molecule is CC1CN2CCCC2CN1C(=O)N1CCOCC1. The molecule has 102 valence electrons. The maximum absolute atomic E-state index is 12.5. The zero-order chi connectivity index (χ0) is 12.5. The van der Waals surface area contributed by atoms with Crippen LogP contribution < -0.4 is 0 Å². The highest BCUT2D eigenvalue weighted by molar-refractivity contribution is 5.75. The van der Waals surface area contributed by atoms with E-state index < -0.39 is 0 Å². The molecule has 5 heteroatoms. The molecule has 3 rings (SSSR count). The van der Waals surface area contributed by atoms with E-state index in [9.17, 15) is 4.79 Å². The number of rotatable bonds is 0. The molecule has 0 saturated carbocycles. The summed E-state index contributed by atoms with van der Waals surface area (Å²) < 4.78 is 5.31. The highest BCUT2D eigenvalue weighted by Gasteiger charge is 2.37. The minimum atomic E-state index is 0.220. The van der Waals surface area contributed by atoms with Gasteiger partial charge in [-0.3, -0.25) is 4.90 Å². The van der Waals surface area contributed by atoms with Crippen LogP contribution in [0.15, 0.2) is 0 Å². The van der Waals surface area contributed by atoms with Crippen LogP contribution in [0.3, 0.4) is 0 Å². The van der Waals surface area contributed by atoms with Crippen molar-refractivity contribution in [2.45, 2.75) is 31.8 Å². The lowest BCUT2D eigenvalue weighted by atomic mass is 10.1. The minimum absolute atomic E-state index is 0.220. The second-order valence-electron chi connectivity index (χ2n) is 5.67. The lowest BCUT2D eigenvalue weighted by molar-refractivity contribution is 0.0233. The first-order chi connectivity index (χ1) is 8.75. The highest BCUT2D eigenvalue weighted by Crippen LogP contribution is 2.25. The van der Waals surface area contributed by atoms with E-state index in [0.717, 1.165) is 26.2 Å². The Kier molecular flexibility index (Phi) is 3.43. The molecule has 3 fully saturated rings. The van der Waals surface area contributed by atoms with Crippen molar-refractivity contribution in [1.82, 2.24) is 14.7 Å². The third-order valence-corrected chi connectivity index (χ3v) is 4.46. The predicted molar refractivity (Wildman–Crippen MR) is 68.6 cm³/mol. The first-order valence-corrected chi connectivity index (χ1v) is 7.13. The van der Waals surface area contributed by atoms with Gasteiger partial charge in [-0.1, -0.05) is 0 Å². The number of piperazine rings is 1. The van der Waals surface area contributed by atoms with E-state index in [1.165, 1.54) is 19.4 Å². The van der Waals surface area contributed by atoms with Crippen LogP contribution in [0.2, 0.25) is 0 Å². The normalized spacial score (nSPS) is 33.6. The van der Waals surface area contributed by atoms with Crippen LogP contribution in [0.4, 0.5) is 4.79 Å². The van der Waals surface area contributed by atoms with Crippen LogP contribution in [-0.4, -0.2) is 78.8 Å². The van der Waals surface area contributed by atoms with E-state index in [-0.39, 0.29) is 6.03 Å². The number of ether oxygens (including phenoxy) is 1. The van der Waals surface area contributed by atoms with E-state index in [0.29, 0.717) is 25.3 Å². The summed E-state index contributed by atoms with van der Waals surface area (Å²) in [7, 11) is 0. The summed E-state index contributed by atoms with van der Waals surface area (Å²) in [5.41, 5.74) is 0. The molecule has 2 unspecified atom stereocenters. The first-order valence-electron chi connectivity index (χ1n) is 7.13. The number of morpholine rings is 1. The third-order valence-electron chi connectivity index (χ3n) is 4.46. The van der Waals surface area contributed by atoms with Gasteiger partial charge in [0.2, 0.25) is 0 Å². The second kappa shape index (κ2) is 5.05. The van der Waals surface area contributed by atoms with Crippen LogP contribution in [0.25, 0.3) is 0 Å². The summed E-state index contributed by atoms with van der Waals surface area (Å²) in [5, 5.41) is 0. The number of urea groups is 1. The topological polar surface area (TPSA) is 36.0 Å². The monoisotopic (exact) mass is 253 g/mol. The van der Waals surface area contributed by atoms with Crippen molar-refractivity contribution in [2.75, 3.05) is 45.9 Å². The lowest BCUT2D eigenvalue weighted by Gasteiger charge is -2.44. The van der Waals surface area contributed by atoms with Gasteiger partial charge in [0.05, 0.1) is 13.2 Å². The molecule has 0 spiro atoms. The van der Waals surface area contributed by atoms with Crippen LogP contribution in [0.1, 0.15) is 19.8 Å². The molecule has 3 heterocycles. The summed E-state index contributed by atoms with van der Waals surface area (Å²) in [5.74, 6) is 0. The van der Waals surface area contributed by atoms with Gasteiger partial charge in [0.15, 0.2) is 0 Å². The maximum Gasteiger partial charge on any atom is 0.320 e. The van der Waals surface area contributed by atoms with Crippen molar-refractivity contribution in [2.24, 2.45) is 0 Å². The standard InChI is InChI=1S/C13H23N3O2/c1-11-9-15-4-2-3-12(15)10-16(11)13(17)14-5-7-18-8-6-14/h11-12H,2-10H2,1H3. The van der Waals surface area contributed by atoms with Crippen LogP contribution >= 0.6 is 0 Å². The smallest absolute Gasteiger partial charge is 0.320 e. The average Bonchev–Trinajstić information content (AvgIpc) is 2.85. The number of hydrogen-bond acceptors (Lipinski definition) is 3. The van der Waals surface area contributed by atoms with E-state index >= 15 is 0 Å². The van der Waals surface area contributed by atoms with Gasteiger partial charge < -0.3 is 14.5 Å². The quantitative estimate of drug-likeness (QED) is 0.634. The lowest BCUT2D eigenvalue weighted by Crippen LogP contribution is -2.60. The molecule has 0 radical (unpaired) electrons. The number of nitrogens with zero attached hydrogens (tertiary/aromatic N) is 3. The molecule has 0 aliphatic carbocycles. The molecule has 0 bridgehead atoms. The Hall–Kier alpha value is -0.810. The Labute approximate surface area is 109 Å². The van der Waals surface area contributed by atoms with Crippen molar-refractivity contribution in [3.05, 3.63) is 0 Å². The zero-order valence-corrected chi connectivity index (χ0v) is 11.2. The van der Waals surface area contributed by atoms with Crippen LogP contribution in [0, 0.1) is 0 Å². The number of hydrogen-bond donors (Lipinski definition) is 0. The van der Waals surface area contributed by atoms with Crippen LogP contribution in [0.5, 0.6) is 0 Å². The highest BCUT2D eigenvalue weighted by atomic mass is 16.5. The molecule has 2 atom stereocenters. The summed E-state index contributed by atoms with van der Waals surface area (Å²) in [4.78, 5) is 19.1. The zero-order valence-electron chi connectivity index (χ0n) is 11.2. The van der Waals surface area contributed by atoms with E-state index in [2.05, 4.69) is 16.7 Å². The molecule has 0 aromatic rings. The molecule has 2 amide bonds. The summed E-state index contributed by atoms with van der Waals surface area (Å²) in [6.07, 6.45) is 2.54. The van der Waals surface area contributed by atoms with Crippen molar-refractivity contribution in [3.63, 3.8) is 0 Å². The van der Waals surface area contributed by atoms with Crippen molar-refractivity contribution in [1.29, 1.82) is 0 Å². The van der Waals surface area contributed by atoms with E-state index in [1.807, 2.05) is 4.90 Å². The number of amides is 2. The number of carbonyl (C=O) groups excluding carboxylic acids is 1. The Morgan fingerprint density at radius 3 is 2.72 bits per heavy atom. The van der Waals surface area contributed by atoms with Crippen molar-refractivity contribution in [3.8, 4) is 0 Å². The van der Waals surface area contributed by atoms with Gasteiger partial charge in [-0.2, -0.15) is 0 Å². The summed E-state index contributed by atoms with van der Waals surface area (Å²) in [6, 6.07) is 1.17. The molecular weight excluding hydrogens is 230 g/mol. The Balaban J connectivity index is 1.65. The second-order valence-corrected chi connectivity index (χ2v) is 5.67. The van der Waals surface area contributed by atoms with Gasteiger partial charge in [0.25, 0.3) is 0 Å². The molecule has 3 aliphatic rings. The van der Waals surface area contributed by atoms with Gasteiger partial charge in [0.1, 0.15) is 0 Å². The summed E-state index contributed by atoms with van der Waals surface area (Å²) in [6.45, 7) is 8.21. The minimum Gasteiger partial charge on any atom is -0.378 e. The summed E-state index contributed by atoms with van der Waals surface area (Å²) >= 11 is 0. The third kappa shape index (κ3) is 2.21. The van der Waals surface area contributed by atoms with Gasteiger partial charge in [-0.05, 0) is 26.3 Å². The van der Waals surface area contributed by atoms with Crippen molar-refractivity contribution < 1.29 is 9.53 Å². The van der Waals surface area contributed by atoms with Gasteiger partial charge in [-0.25, -0.2) is 4.79 Å². The van der Waals surface area contributed by atoms with E-state index in [4.69, 9.17) is 4.74 Å². The fourth-order valence-electron chi connectivity index (χ4n) is 3.39. The van der Waals surface area contributed by atoms with Crippen LogP contribution in [-0.2, 0) is 4.74 Å². The van der Waals surface area contributed by atoms with E-state index in [1.54, 1.807) is 0 Å². The molecule has 5 nitrogen and oxygen atoms in total. The largest absolute Gasteiger partial charge is 0.378 e. The Morgan fingerprint density at radius 1 is 1.17 bits per heavy atom. The Bertz CT molecular complexity index is 317. The molecule has 3 saturated heterocycles.